The number of rotatable bonds is 4. The molecule has 27 heavy (non-hydrogen) atoms. The smallest absolute Gasteiger partial charge is 0.306 e. The lowest BCUT2D eigenvalue weighted by Crippen LogP contribution is -2.41. The first-order valence-electron chi connectivity index (χ1n) is 8.70. The molecule has 0 radical (unpaired) electrons. The maximum atomic E-state index is 14.2. The van der Waals surface area contributed by atoms with E-state index >= 15 is 0 Å². The summed E-state index contributed by atoms with van der Waals surface area (Å²) in [6.45, 7) is 1.48. The number of hydrogen-bond acceptors (Lipinski definition) is 5. The fourth-order valence-corrected chi connectivity index (χ4v) is 4.75. The highest BCUT2D eigenvalue weighted by Crippen LogP contribution is 2.25. The summed E-state index contributed by atoms with van der Waals surface area (Å²) in [7, 11) is -3.94. The molecule has 10 heteroatoms. The van der Waals surface area contributed by atoms with Gasteiger partial charge < -0.3 is 14.7 Å². The minimum absolute atomic E-state index is 0.0728. The van der Waals surface area contributed by atoms with E-state index in [-0.39, 0.29) is 36.4 Å². The van der Waals surface area contributed by atoms with Crippen molar-refractivity contribution in [3.05, 3.63) is 29.6 Å². The molecule has 1 N–H and O–H groups in total. The minimum atomic E-state index is -3.94. The highest BCUT2D eigenvalue weighted by Gasteiger charge is 2.33. The number of halogens is 1. The van der Waals surface area contributed by atoms with Crippen molar-refractivity contribution in [1.29, 1.82) is 0 Å². The van der Waals surface area contributed by atoms with Gasteiger partial charge in [-0.1, -0.05) is 0 Å². The lowest BCUT2D eigenvalue weighted by atomic mass is 9.99. The number of benzene rings is 1. The van der Waals surface area contributed by atoms with Gasteiger partial charge in [0.2, 0.25) is 10.0 Å². The van der Waals surface area contributed by atoms with Crippen molar-refractivity contribution in [1.82, 2.24) is 9.21 Å². The van der Waals surface area contributed by atoms with Gasteiger partial charge >= 0.3 is 5.97 Å². The molecule has 3 rings (SSSR count). The Kier molecular flexibility index (Phi) is 5.78. The molecule has 2 fully saturated rings. The zero-order valence-electron chi connectivity index (χ0n) is 14.6. The average molecular weight is 400 g/mol. The van der Waals surface area contributed by atoms with Crippen molar-refractivity contribution >= 4 is 21.9 Å². The van der Waals surface area contributed by atoms with E-state index in [1.165, 1.54) is 9.21 Å². The molecule has 0 spiro atoms. The Hall–Kier alpha value is -2.04. The van der Waals surface area contributed by atoms with Crippen LogP contribution in [0.25, 0.3) is 0 Å². The maximum absolute atomic E-state index is 14.2. The van der Waals surface area contributed by atoms with Gasteiger partial charge in [-0.25, -0.2) is 12.8 Å². The van der Waals surface area contributed by atoms with Gasteiger partial charge in [0.25, 0.3) is 5.91 Å². The molecular formula is C17H21FN2O6S. The second kappa shape index (κ2) is 7.91. The normalized spacial score (nSPS) is 19.8. The minimum Gasteiger partial charge on any atom is -0.481 e. The zero-order valence-corrected chi connectivity index (χ0v) is 15.5. The first kappa shape index (κ1) is 19.7. The quantitative estimate of drug-likeness (QED) is 0.801. The maximum Gasteiger partial charge on any atom is 0.306 e. The van der Waals surface area contributed by atoms with E-state index in [0.29, 0.717) is 26.3 Å². The Labute approximate surface area is 156 Å². The standard InChI is InChI=1S/C17H21FN2O6S/c18-15-2-1-13(11-14(15)16(21)19-7-9-26-10-8-19)27(24,25)20-5-3-12(4-6-20)17(22)23/h1-2,11-12H,3-10H2,(H,22,23). The molecule has 0 aromatic heterocycles. The Balaban J connectivity index is 1.82. The van der Waals surface area contributed by atoms with Crippen molar-refractivity contribution in [3.8, 4) is 0 Å². The van der Waals surface area contributed by atoms with Gasteiger partial charge in [0.05, 0.1) is 29.6 Å². The zero-order chi connectivity index (χ0) is 19.6. The van der Waals surface area contributed by atoms with E-state index in [0.717, 1.165) is 18.2 Å². The molecule has 148 valence electrons. The van der Waals surface area contributed by atoms with Crippen molar-refractivity contribution in [3.63, 3.8) is 0 Å². The first-order valence-corrected chi connectivity index (χ1v) is 10.1. The van der Waals surface area contributed by atoms with Crippen molar-refractivity contribution in [2.45, 2.75) is 17.7 Å². The van der Waals surface area contributed by atoms with Gasteiger partial charge in [-0.3, -0.25) is 9.59 Å². The molecule has 2 saturated heterocycles. The number of carboxylic acids is 1. The number of piperidine rings is 1. The topological polar surface area (TPSA) is 104 Å². The summed E-state index contributed by atoms with van der Waals surface area (Å²) in [5.74, 6) is -2.86. The van der Waals surface area contributed by atoms with Gasteiger partial charge in [0.1, 0.15) is 5.82 Å². The number of aliphatic carboxylic acids is 1. The van der Waals surface area contributed by atoms with E-state index in [9.17, 15) is 22.4 Å². The number of sulfonamides is 1. The van der Waals surface area contributed by atoms with Crippen LogP contribution in [0.1, 0.15) is 23.2 Å². The van der Waals surface area contributed by atoms with Crippen LogP contribution in [0.2, 0.25) is 0 Å². The number of ether oxygens (including phenoxy) is 1. The average Bonchev–Trinajstić information content (AvgIpc) is 2.68. The van der Waals surface area contributed by atoms with Crippen LogP contribution < -0.4 is 0 Å². The third kappa shape index (κ3) is 4.12. The summed E-state index contributed by atoms with van der Waals surface area (Å²) < 4.78 is 46.2. The van der Waals surface area contributed by atoms with Crippen LogP contribution in [0.5, 0.6) is 0 Å². The third-order valence-electron chi connectivity index (χ3n) is 4.91. The van der Waals surface area contributed by atoms with Crippen molar-refractivity contribution in [2.24, 2.45) is 5.92 Å². The van der Waals surface area contributed by atoms with Crippen LogP contribution in [0.3, 0.4) is 0 Å². The fourth-order valence-electron chi connectivity index (χ4n) is 3.26. The summed E-state index contributed by atoms with van der Waals surface area (Å²) in [6, 6.07) is 3.17. The predicted molar refractivity (Wildman–Crippen MR) is 92.2 cm³/mol. The number of carbonyl (C=O) groups excluding carboxylic acids is 1. The van der Waals surface area contributed by atoms with E-state index in [1.54, 1.807) is 0 Å². The molecule has 0 bridgehead atoms. The van der Waals surface area contributed by atoms with E-state index in [1.807, 2.05) is 0 Å². The van der Waals surface area contributed by atoms with Crippen LogP contribution in [-0.4, -0.2) is 74.0 Å². The van der Waals surface area contributed by atoms with E-state index in [4.69, 9.17) is 9.84 Å². The Bertz CT molecular complexity index is 830. The molecule has 2 heterocycles. The van der Waals surface area contributed by atoms with Gasteiger partial charge in [0.15, 0.2) is 0 Å². The highest BCUT2D eigenvalue weighted by atomic mass is 32.2. The van der Waals surface area contributed by atoms with Crippen LogP contribution in [0, 0.1) is 11.7 Å². The lowest BCUT2D eigenvalue weighted by Gasteiger charge is -2.29. The highest BCUT2D eigenvalue weighted by molar-refractivity contribution is 7.89. The molecule has 8 nitrogen and oxygen atoms in total. The Morgan fingerprint density at radius 2 is 1.74 bits per heavy atom. The summed E-state index contributed by atoms with van der Waals surface area (Å²) >= 11 is 0. The summed E-state index contributed by atoms with van der Waals surface area (Å²) in [5, 5.41) is 9.04. The van der Waals surface area contributed by atoms with E-state index in [2.05, 4.69) is 0 Å². The number of amides is 1. The molecule has 2 aliphatic rings. The van der Waals surface area contributed by atoms with Crippen molar-refractivity contribution < 1.29 is 32.2 Å². The molecule has 0 aliphatic carbocycles. The molecule has 0 saturated carbocycles. The van der Waals surface area contributed by atoms with Gasteiger partial charge in [-0.05, 0) is 31.0 Å². The van der Waals surface area contributed by atoms with Crippen LogP contribution in [0.4, 0.5) is 4.39 Å². The molecule has 1 amide bonds. The number of nitrogens with zero attached hydrogens (tertiary/aromatic N) is 2. The Morgan fingerprint density at radius 1 is 1.11 bits per heavy atom. The number of hydrogen-bond donors (Lipinski definition) is 1. The fraction of sp³-hybridized carbons (Fsp3) is 0.529. The van der Waals surface area contributed by atoms with Crippen LogP contribution in [0.15, 0.2) is 23.1 Å². The molecule has 2 aliphatic heterocycles. The van der Waals surface area contributed by atoms with Crippen LogP contribution >= 0.6 is 0 Å². The number of morpholine rings is 1. The van der Waals surface area contributed by atoms with Crippen molar-refractivity contribution in [2.75, 3.05) is 39.4 Å². The third-order valence-corrected chi connectivity index (χ3v) is 6.80. The first-order chi connectivity index (χ1) is 12.8. The lowest BCUT2D eigenvalue weighted by molar-refractivity contribution is -0.142. The monoisotopic (exact) mass is 400 g/mol. The molecular weight excluding hydrogens is 379 g/mol. The summed E-state index contributed by atoms with van der Waals surface area (Å²) in [5.41, 5.74) is -0.293. The molecule has 0 unspecified atom stereocenters. The molecule has 0 atom stereocenters. The number of carbonyl (C=O) groups is 2. The predicted octanol–water partition coefficient (Wildman–Crippen LogP) is 0.783. The van der Waals surface area contributed by atoms with E-state index < -0.39 is 33.6 Å². The number of carboxylic acid groups (broad SMARTS) is 1. The van der Waals surface area contributed by atoms with Gasteiger partial charge in [-0.15, -0.1) is 0 Å². The molecule has 1 aromatic carbocycles. The van der Waals surface area contributed by atoms with Gasteiger partial charge in [-0.2, -0.15) is 4.31 Å². The largest absolute Gasteiger partial charge is 0.481 e. The molecule has 1 aromatic rings. The summed E-state index contributed by atoms with van der Waals surface area (Å²) in [6.07, 6.45) is 0.435. The summed E-state index contributed by atoms with van der Waals surface area (Å²) in [4.78, 5) is 24.8. The second-order valence-electron chi connectivity index (χ2n) is 6.56. The Morgan fingerprint density at radius 3 is 2.33 bits per heavy atom. The SMILES string of the molecule is O=C(O)C1CCN(S(=O)(=O)c2ccc(F)c(C(=O)N3CCOCC3)c2)CC1. The second-order valence-corrected chi connectivity index (χ2v) is 8.50. The van der Waals surface area contributed by atoms with Crippen LogP contribution in [-0.2, 0) is 19.6 Å². The van der Waals surface area contributed by atoms with Gasteiger partial charge in [0, 0.05) is 26.2 Å².